The fourth-order valence-electron chi connectivity index (χ4n) is 2.91. The highest BCUT2D eigenvalue weighted by molar-refractivity contribution is 5.64. The van der Waals surface area contributed by atoms with Crippen molar-refractivity contribution in [2.24, 2.45) is 0 Å². The van der Waals surface area contributed by atoms with E-state index in [0.717, 1.165) is 24.0 Å². The van der Waals surface area contributed by atoms with Crippen molar-refractivity contribution in [3.05, 3.63) is 60.4 Å². The molecule has 0 saturated heterocycles. The SMILES string of the molecule is CCC[C@H](Nc1cncc(-c2ccc(O)c(OC)c2)n1)c1ccc(O)cc1. The highest BCUT2D eigenvalue weighted by Gasteiger charge is 2.13. The third kappa shape index (κ3) is 4.47. The van der Waals surface area contributed by atoms with Crippen LogP contribution in [0, 0.1) is 0 Å². The quantitative estimate of drug-likeness (QED) is 0.571. The van der Waals surface area contributed by atoms with Crippen molar-refractivity contribution in [2.75, 3.05) is 12.4 Å². The third-order valence-electron chi connectivity index (χ3n) is 4.30. The number of anilines is 1. The Morgan fingerprint density at radius 1 is 1.07 bits per heavy atom. The summed E-state index contributed by atoms with van der Waals surface area (Å²) in [4.78, 5) is 8.94. The summed E-state index contributed by atoms with van der Waals surface area (Å²) in [7, 11) is 1.51. The number of nitrogens with zero attached hydrogens (tertiary/aromatic N) is 2. The lowest BCUT2D eigenvalue weighted by molar-refractivity contribution is 0.373. The molecule has 0 aliphatic rings. The Hall–Kier alpha value is -3.28. The molecule has 0 radical (unpaired) electrons. The Morgan fingerprint density at radius 2 is 1.85 bits per heavy atom. The normalized spacial score (nSPS) is 11.8. The van der Waals surface area contributed by atoms with Gasteiger partial charge in [-0.1, -0.05) is 25.5 Å². The summed E-state index contributed by atoms with van der Waals surface area (Å²) >= 11 is 0. The van der Waals surface area contributed by atoms with Gasteiger partial charge in [0.2, 0.25) is 0 Å². The van der Waals surface area contributed by atoms with Gasteiger partial charge in [-0.15, -0.1) is 0 Å². The fourth-order valence-corrected chi connectivity index (χ4v) is 2.91. The minimum absolute atomic E-state index is 0.0644. The molecular formula is C21H23N3O3. The zero-order chi connectivity index (χ0) is 19.2. The van der Waals surface area contributed by atoms with Crippen molar-refractivity contribution in [3.63, 3.8) is 0 Å². The molecule has 6 heteroatoms. The van der Waals surface area contributed by atoms with Crippen LogP contribution in [0.3, 0.4) is 0 Å². The summed E-state index contributed by atoms with van der Waals surface area (Å²) in [6.07, 6.45) is 5.28. The summed E-state index contributed by atoms with van der Waals surface area (Å²) in [6, 6.07) is 12.3. The van der Waals surface area contributed by atoms with Crippen LogP contribution in [0.4, 0.5) is 5.82 Å². The first-order chi connectivity index (χ1) is 13.1. The van der Waals surface area contributed by atoms with E-state index >= 15 is 0 Å². The van der Waals surface area contributed by atoms with Gasteiger partial charge in [-0.25, -0.2) is 4.98 Å². The van der Waals surface area contributed by atoms with Crippen LogP contribution in [0.2, 0.25) is 0 Å². The van der Waals surface area contributed by atoms with Gasteiger partial charge in [-0.3, -0.25) is 4.98 Å². The van der Waals surface area contributed by atoms with E-state index in [1.807, 2.05) is 12.1 Å². The number of phenolic OH excluding ortho intramolecular Hbond substituents is 2. The molecule has 3 aromatic rings. The molecule has 1 heterocycles. The molecule has 6 nitrogen and oxygen atoms in total. The molecule has 27 heavy (non-hydrogen) atoms. The van der Waals surface area contributed by atoms with Crippen molar-refractivity contribution < 1.29 is 14.9 Å². The predicted octanol–water partition coefficient (Wildman–Crippen LogP) is 4.52. The van der Waals surface area contributed by atoms with Crippen LogP contribution in [0.1, 0.15) is 31.4 Å². The number of ether oxygens (including phenoxy) is 1. The number of rotatable bonds is 7. The minimum Gasteiger partial charge on any atom is -0.508 e. The Kier molecular flexibility index (Phi) is 5.76. The van der Waals surface area contributed by atoms with Crippen LogP contribution in [0.25, 0.3) is 11.3 Å². The van der Waals surface area contributed by atoms with Gasteiger partial charge in [0, 0.05) is 5.56 Å². The summed E-state index contributed by atoms with van der Waals surface area (Å²) in [5, 5.41) is 22.7. The molecule has 3 rings (SSSR count). The van der Waals surface area contributed by atoms with E-state index in [9.17, 15) is 10.2 Å². The van der Waals surface area contributed by atoms with E-state index in [4.69, 9.17) is 4.74 Å². The first kappa shape index (κ1) is 18.5. The average molecular weight is 365 g/mol. The number of aromatic hydroxyl groups is 2. The minimum atomic E-state index is 0.0644. The molecule has 1 aromatic heterocycles. The molecule has 3 N–H and O–H groups in total. The lowest BCUT2D eigenvalue weighted by Crippen LogP contribution is -2.12. The average Bonchev–Trinajstić information content (AvgIpc) is 2.69. The van der Waals surface area contributed by atoms with Crippen LogP contribution in [-0.4, -0.2) is 27.3 Å². The smallest absolute Gasteiger partial charge is 0.161 e. The number of hydrogen-bond donors (Lipinski definition) is 3. The van der Waals surface area contributed by atoms with Crippen molar-refractivity contribution in [2.45, 2.75) is 25.8 Å². The highest BCUT2D eigenvalue weighted by atomic mass is 16.5. The van der Waals surface area contributed by atoms with E-state index in [1.165, 1.54) is 7.11 Å². The Balaban J connectivity index is 1.86. The van der Waals surface area contributed by atoms with Gasteiger partial charge in [0.1, 0.15) is 11.6 Å². The summed E-state index contributed by atoms with van der Waals surface area (Å²) < 4.78 is 5.17. The molecule has 0 aliphatic carbocycles. The molecule has 1 atom stereocenters. The molecule has 140 valence electrons. The maximum absolute atomic E-state index is 9.77. The van der Waals surface area contributed by atoms with E-state index in [-0.39, 0.29) is 17.5 Å². The first-order valence-electron chi connectivity index (χ1n) is 8.85. The standard InChI is InChI=1S/C21H23N3O3/c1-3-4-17(14-5-8-16(25)9-6-14)23-21-13-22-12-18(24-21)15-7-10-19(26)20(11-15)27-2/h5-13,17,25-26H,3-4H2,1-2H3,(H,23,24)/t17-/m0/s1. The second-order valence-electron chi connectivity index (χ2n) is 6.25. The highest BCUT2D eigenvalue weighted by Crippen LogP contribution is 2.31. The van der Waals surface area contributed by atoms with Crippen molar-refractivity contribution in [3.8, 4) is 28.5 Å². The number of phenols is 2. The zero-order valence-electron chi connectivity index (χ0n) is 15.4. The molecule has 0 bridgehead atoms. The van der Waals surface area contributed by atoms with Gasteiger partial charge < -0.3 is 20.3 Å². The maximum Gasteiger partial charge on any atom is 0.161 e. The fraction of sp³-hybridized carbons (Fsp3) is 0.238. The second kappa shape index (κ2) is 8.40. The van der Waals surface area contributed by atoms with Gasteiger partial charge in [0.05, 0.1) is 31.2 Å². The first-order valence-corrected chi connectivity index (χ1v) is 8.85. The Labute approximate surface area is 158 Å². The molecule has 0 fully saturated rings. The number of aromatic nitrogens is 2. The van der Waals surface area contributed by atoms with Crippen LogP contribution in [0.5, 0.6) is 17.2 Å². The monoisotopic (exact) mass is 365 g/mol. The van der Waals surface area contributed by atoms with Crippen molar-refractivity contribution in [1.29, 1.82) is 0 Å². The van der Waals surface area contributed by atoms with Gasteiger partial charge in [-0.2, -0.15) is 0 Å². The molecular weight excluding hydrogens is 342 g/mol. The number of hydrogen-bond acceptors (Lipinski definition) is 6. The predicted molar refractivity (Wildman–Crippen MR) is 105 cm³/mol. The number of benzene rings is 2. The molecule has 0 amide bonds. The van der Waals surface area contributed by atoms with Gasteiger partial charge in [0.15, 0.2) is 11.5 Å². The molecule has 0 spiro atoms. The van der Waals surface area contributed by atoms with E-state index in [2.05, 4.69) is 22.2 Å². The van der Waals surface area contributed by atoms with Crippen LogP contribution in [0.15, 0.2) is 54.9 Å². The molecule has 0 saturated carbocycles. The van der Waals surface area contributed by atoms with Gasteiger partial charge in [0.25, 0.3) is 0 Å². The van der Waals surface area contributed by atoms with Crippen molar-refractivity contribution >= 4 is 5.82 Å². The van der Waals surface area contributed by atoms with E-state index in [0.29, 0.717) is 17.3 Å². The molecule has 2 aromatic carbocycles. The number of nitrogens with one attached hydrogen (secondary N) is 1. The lowest BCUT2D eigenvalue weighted by atomic mass is 10.0. The summed E-state index contributed by atoms with van der Waals surface area (Å²) in [5.41, 5.74) is 2.56. The zero-order valence-corrected chi connectivity index (χ0v) is 15.4. The lowest BCUT2D eigenvalue weighted by Gasteiger charge is -2.19. The van der Waals surface area contributed by atoms with Crippen LogP contribution >= 0.6 is 0 Å². The Morgan fingerprint density at radius 3 is 2.56 bits per heavy atom. The van der Waals surface area contributed by atoms with E-state index in [1.54, 1.807) is 42.7 Å². The summed E-state index contributed by atoms with van der Waals surface area (Å²) in [5.74, 6) is 1.38. The topological polar surface area (TPSA) is 87.5 Å². The molecule has 0 unspecified atom stereocenters. The van der Waals surface area contributed by atoms with Crippen LogP contribution in [-0.2, 0) is 0 Å². The number of methoxy groups -OCH3 is 1. The summed E-state index contributed by atoms with van der Waals surface area (Å²) in [6.45, 7) is 2.12. The molecule has 0 aliphatic heterocycles. The second-order valence-corrected chi connectivity index (χ2v) is 6.25. The van der Waals surface area contributed by atoms with Gasteiger partial charge in [-0.05, 0) is 42.3 Å². The van der Waals surface area contributed by atoms with E-state index < -0.39 is 0 Å². The van der Waals surface area contributed by atoms with Crippen molar-refractivity contribution in [1.82, 2.24) is 9.97 Å². The van der Waals surface area contributed by atoms with Crippen LogP contribution < -0.4 is 10.1 Å². The third-order valence-corrected chi connectivity index (χ3v) is 4.30. The Bertz CT molecular complexity index is 897. The maximum atomic E-state index is 9.77. The van der Waals surface area contributed by atoms with Gasteiger partial charge >= 0.3 is 0 Å². The largest absolute Gasteiger partial charge is 0.508 e.